The number of thiocarbonyl (C=S) groups is 1. The molecule has 1 aromatic carbocycles. The number of thioether (sulfide) groups is 1. The van der Waals surface area contributed by atoms with Crippen LogP contribution in [0.3, 0.4) is 0 Å². The highest BCUT2D eigenvalue weighted by Crippen LogP contribution is 2.38. The largest absolute Gasteiger partial charge is 0.503 e. The van der Waals surface area contributed by atoms with Crippen LogP contribution < -0.4 is 4.74 Å². The number of nitrogens with zero attached hydrogens (tertiary/aromatic N) is 1. The molecule has 1 fully saturated rings. The lowest BCUT2D eigenvalue weighted by Gasteiger charge is -2.16. The fourth-order valence-electron chi connectivity index (χ4n) is 2.01. The van der Waals surface area contributed by atoms with Crippen LogP contribution in [-0.4, -0.2) is 33.9 Å². The second-order valence-electron chi connectivity index (χ2n) is 5.24. The summed E-state index contributed by atoms with van der Waals surface area (Å²) in [5.41, 5.74) is 0.671. The molecule has 1 aliphatic rings. The SMILES string of the molecule is COc1cc(/C=C2\SC(=S)N(CC(C)C)C2=O)cc(Cl)c1O. The minimum Gasteiger partial charge on any atom is -0.503 e. The Kier molecular flexibility index (Phi) is 5.36. The average Bonchev–Trinajstić information content (AvgIpc) is 2.70. The van der Waals surface area contributed by atoms with Crippen LogP contribution in [0.1, 0.15) is 19.4 Å². The number of halogens is 1. The summed E-state index contributed by atoms with van der Waals surface area (Å²) < 4.78 is 5.62. The van der Waals surface area contributed by atoms with Crippen molar-refractivity contribution in [2.24, 2.45) is 5.92 Å². The van der Waals surface area contributed by atoms with Crippen molar-refractivity contribution in [2.75, 3.05) is 13.7 Å². The maximum absolute atomic E-state index is 12.4. The molecule has 1 heterocycles. The number of carbonyl (C=O) groups is 1. The van der Waals surface area contributed by atoms with E-state index in [0.717, 1.165) is 0 Å². The molecule has 0 unspecified atom stereocenters. The first-order valence-electron chi connectivity index (χ1n) is 6.65. The van der Waals surface area contributed by atoms with Crippen molar-refractivity contribution in [1.82, 2.24) is 4.90 Å². The van der Waals surface area contributed by atoms with Crippen LogP contribution >= 0.6 is 35.6 Å². The van der Waals surface area contributed by atoms with E-state index in [1.54, 1.807) is 23.1 Å². The monoisotopic (exact) mass is 357 g/mol. The molecule has 1 aliphatic heterocycles. The highest BCUT2D eigenvalue weighted by Gasteiger charge is 2.32. The van der Waals surface area contributed by atoms with Gasteiger partial charge >= 0.3 is 0 Å². The third-order valence-electron chi connectivity index (χ3n) is 2.99. The van der Waals surface area contributed by atoms with Crippen LogP contribution in [-0.2, 0) is 4.79 Å². The quantitative estimate of drug-likeness (QED) is 0.654. The standard InChI is InChI=1S/C15H16ClNO3S2/c1-8(2)7-17-14(19)12(22-15(17)21)6-9-4-10(16)13(18)11(5-9)20-3/h4-6,8,18H,7H2,1-3H3/b12-6-. The Morgan fingerprint density at radius 2 is 2.18 bits per heavy atom. The molecule has 0 radical (unpaired) electrons. The Labute approximate surface area is 144 Å². The fraction of sp³-hybridized carbons (Fsp3) is 0.333. The van der Waals surface area contributed by atoms with Gasteiger partial charge in [0.15, 0.2) is 11.5 Å². The van der Waals surface area contributed by atoms with Crippen molar-refractivity contribution in [3.05, 3.63) is 27.6 Å². The van der Waals surface area contributed by atoms with Crippen molar-refractivity contribution in [2.45, 2.75) is 13.8 Å². The molecule has 1 saturated heterocycles. The molecule has 118 valence electrons. The third kappa shape index (κ3) is 3.56. The molecule has 1 N–H and O–H groups in total. The summed E-state index contributed by atoms with van der Waals surface area (Å²) in [4.78, 5) is 14.5. The second-order valence-corrected chi connectivity index (χ2v) is 7.32. The third-order valence-corrected chi connectivity index (χ3v) is 4.66. The summed E-state index contributed by atoms with van der Waals surface area (Å²) >= 11 is 12.5. The topological polar surface area (TPSA) is 49.8 Å². The number of methoxy groups -OCH3 is 1. The molecule has 0 spiro atoms. The molecule has 0 atom stereocenters. The van der Waals surface area contributed by atoms with Gasteiger partial charge in [0.2, 0.25) is 0 Å². The molecular formula is C15H16ClNO3S2. The molecule has 2 rings (SSSR count). The Bertz CT molecular complexity index is 658. The average molecular weight is 358 g/mol. The first kappa shape index (κ1) is 17.1. The summed E-state index contributed by atoms with van der Waals surface area (Å²) in [5, 5.41) is 9.91. The molecular weight excluding hydrogens is 342 g/mol. The van der Waals surface area contributed by atoms with E-state index in [1.807, 2.05) is 13.8 Å². The van der Waals surface area contributed by atoms with Gasteiger partial charge in [-0.2, -0.15) is 0 Å². The Hall–Kier alpha value is -1.24. The lowest BCUT2D eigenvalue weighted by Crippen LogP contribution is -2.31. The van der Waals surface area contributed by atoms with Gasteiger partial charge in [0.25, 0.3) is 5.91 Å². The van der Waals surface area contributed by atoms with Crippen LogP contribution in [0.5, 0.6) is 11.5 Å². The van der Waals surface area contributed by atoms with Crippen molar-refractivity contribution in [1.29, 1.82) is 0 Å². The summed E-state index contributed by atoms with van der Waals surface area (Å²) in [7, 11) is 1.44. The van der Waals surface area contributed by atoms with Crippen molar-refractivity contribution >= 4 is 51.9 Å². The number of carbonyl (C=O) groups excluding carboxylic acids is 1. The van der Waals surface area contributed by atoms with Crippen LogP contribution in [0.25, 0.3) is 6.08 Å². The molecule has 0 bridgehead atoms. The minimum atomic E-state index is -0.117. The highest BCUT2D eigenvalue weighted by molar-refractivity contribution is 8.26. The van der Waals surface area contributed by atoms with E-state index >= 15 is 0 Å². The number of phenols is 1. The highest BCUT2D eigenvalue weighted by atomic mass is 35.5. The number of rotatable bonds is 4. The molecule has 4 nitrogen and oxygen atoms in total. The predicted octanol–water partition coefficient (Wildman–Crippen LogP) is 3.91. The Morgan fingerprint density at radius 3 is 2.77 bits per heavy atom. The summed E-state index contributed by atoms with van der Waals surface area (Å²) in [5.74, 6) is 0.377. The van der Waals surface area contributed by atoms with Gasteiger partial charge in [-0.05, 0) is 29.7 Å². The minimum absolute atomic E-state index is 0.105. The predicted molar refractivity (Wildman–Crippen MR) is 94.4 cm³/mol. The maximum Gasteiger partial charge on any atom is 0.266 e. The summed E-state index contributed by atoms with van der Waals surface area (Å²) in [6.45, 7) is 4.67. The zero-order chi connectivity index (χ0) is 16.4. The number of benzene rings is 1. The second kappa shape index (κ2) is 6.89. The van der Waals surface area contributed by atoms with Gasteiger partial charge in [-0.1, -0.05) is 49.4 Å². The van der Waals surface area contributed by atoms with Crippen molar-refractivity contribution in [3.63, 3.8) is 0 Å². The van der Waals surface area contributed by atoms with E-state index in [4.69, 9.17) is 28.6 Å². The zero-order valence-electron chi connectivity index (χ0n) is 12.4. The van der Waals surface area contributed by atoms with Crippen LogP contribution in [0, 0.1) is 5.92 Å². The Morgan fingerprint density at radius 1 is 1.50 bits per heavy atom. The lowest BCUT2D eigenvalue weighted by atomic mass is 10.1. The molecule has 1 amide bonds. The lowest BCUT2D eigenvalue weighted by molar-refractivity contribution is -0.122. The number of ether oxygens (including phenoxy) is 1. The molecule has 0 aliphatic carbocycles. The number of amides is 1. The first-order chi connectivity index (χ1) is 10.3. The van der Waals surface area contributed by atoms with Gasteiger partial charge in [-0.3, -0.25) is 9.69 Å². The molecule has 7 heteroatoms. The zero-order valence-corrected chi connectivity index (χ0v) is 14.8. The number of hydrogen-bond acceptors (Lipinski definition) is 5. The van der Waals surface area contributed by atoms with Gasteiger partial charge in [-0.25, -0.2) is 0 Å². The van der Waals surface area contributed by atoms with Crippen LogP contribution in [0.4, 0.5) is 0 Å². The van der Waals surface area contributed by atoms with Gasteiger partial charge in [-0.15, -0.1) is 0 Å². The number of aromatic hydroxyl groups is 1. The first-order valence-corrected chi connectivity index (χ1v) is 8.25. The van der Waals surface area contributed by atoms with Crippen molar-refractivity contribution in [3.8, 4) is 11.5 Å². The normalized spacial score (nSPS) is 17.0. The fourth-order valence-corrected chi connectivity index (χ4v) is 3.50. The van der Waals surface area contributed by atoms with E-state index < -0.39 is 0 Å². The molecule has 1 aromatic rings. The number of hydrogen-bond donors (Lipinski definition) is 1. The van der Waals surface area contributed by atoms with E-state index in [-0.39, 0.29) is 22.4 Å². The summed E-state index contributed by atoms with van der Waals surface area (Å²) in [6, 6.07) is 3.20. The van der Waals surface area contributed by atoms with Gasteiger partial charge in [0.05, 0.1) is 17.0 Å². The van der Waals surface area contributed by atoms with Crippen LogP contribution in [0.15, 0.2) is 17.0 Å². The molecule has 0 saturated carbocycles. The molecule has 22 heavy (non-hydrogen) atoms. The maximum atomic E-state index is 12.4. The van der Waals surface area contributed by atoms with Gasteiger partial charge < -0.3 is 9.84 Å². The summed E-state index contributed by atoms with van der Waals surface area (Å²) in [6.07, 6.45) is 1.70. The van der Waals surface area contributed by atoms with Crippen molar-refractivity contribution < 1.29 is 14.6 Å². The smallest absolute Gasteiger partial charge is 0.266 e. The van der Waals surface area contributed by atoms with E-state index in [2.05, 4.69) is 0 Å². The van der Waals surface area contributed by atoms with E-state index in [9.17, 15) is 9.90 Å². The van der Waals surface area contributed by atoms with E-state index in [0.29, 0.717) is 27.3 Å². The Balaban J connectivity index is 2.33. The van der Waals surface area contributed by atoms with E-state index in [1.165, 1.54) is 18.9 Å². The van der Waals surface area contributed by atoms with Crippen LogP contribution in [0.2, 0.25) is 5.02 Å². The van der Waals surface area contributed by atoms with Gasteiger partial charge in [0.1, 0.15) is 4.32 Å². The number of phenolic OH excluding ortho intramolecular Hbond substituents is 1. The van der Waals surface area contributed by atoms with Gasteiger partial charge in [0, 0.05) is 6.54 Å². The molecule has 0 aromatic heterocycles.